The first-order valence-electron chi connectivity index (χ1n) is 7.20. The first kappa shape index (κ1) is 16.0. The van der Waals surface area contributed by atoms with Crippen LogP contribution in [0.2, 0.25) is 0 Å². The number of fused-ring (bicyclic) bond motifs is 1. The van der Waals surface area contributed by atoms with Crippen molar-refractivity contribution < 1.29 is 19.0 Å². The van der Waals surface area contributed by atoms with Gasteiger partial charge in [-0.3, -0.25) is 0 Å². The second-order valence-electron chi connectivity index (χ2n) is 4.74. The summed E-state index contributed by atoms with van der Waals surface area (Å²) in [5.74, 6) is 0.423. The van der Waals surface area contributed by atoms with Gasteiger partial charge >= 0.3 is 5.97 Å². The van der Waals surface area contributed by atoms with Crippen molar-refractivity contribution in [2.75, 3.05) is 26.4 Å². The van der Waals surface area contributed by atoms with Crippen molar-refractivity contribution in [2.45, 2.75) is 6.92 Å². The number of rotatable bonds is 8. The molecule has 2 aromatic rings. The molecule has 0 unspecified atom stereocenters. The SMILES string of the molecule is C=CC(=O)OCCOCCOc1ccc2ccccc2c1C. The Kier molecular flexibility index (Phi) is 5.98. The van der Waals surface area contributed by atoms with E-state index in [0.717, 1.165) is 17.4 Å². The second-order valence-corrected chi connectivity index (χ2v) is 4.74. The van der Waals surface area contributed by atoms with Gasteiger partial charge in [0.2, 0.25) is 0 Å². The third-order valence-electron chi connectivity index (χ3n) is 3.27. The average Bonchev–Trinajstić information content (AvgIpc) is 2.55. The van der Waals surface area contributed by atoms with E-state index in [-0.39, 0.29) is 6.61 Å². The Hall–Kier alpha value is -2.33. The number of carbonyl (C=O) groups excluding carboxylic acids is 1. The molecule has 0 heterocycles. The molecule has 0 amide bonds. The van der Waals surface area contributed by atoms with Crippen molar-refractivity contribution in [1.29, 1.82) is 0 Å². The fourth-order valence-corrected chi connectivity index (χ4v) is 2.14. The zero-order valence-corrected chi connectivity index (χ0v) is 12.7. The summed E-state index contributed by atoms with van der Waals surface area (Å²) >= 11 is 0. The fourth-order valence-electron chi connectivity index (χ4n) is 2.14. The first-order valence-corrected chi connectivity index (χ1v) is 7.20. The summed E-state index contributed by atoms with van der Waals surface area (Å²) in [6, 6.07) is 12.2. The largest absolute Gasteiger partial charge is 0.491 e. The Labute approximate surface area is 130 Å². The van der Waals surface area contributed by atoms with Gasteiger partial charge in [-0.25, -0.2) is 4.79 Å². The van der Waals surface area contributed by atoms with Crippen LogP contribution in [0.3, 0.4) is 0 Å². The minimum atomic E-state index is -0.438. The zero-order chi connectivity index (χ0) is 15.8. The zero-order valence-electron chi connectivity index (χ0n) is 12.7. The van der Waals surface area contributed by atoms with Crippen LogP contribution in [0.5, 0.6) is 5.75 Å². The van der Waals surface area contributed by atoms with E-state index in [1.165, 1.54) is 10.8 Å². The number of aryl methyl sites for hydroxylation is 1. The molecule has 0 aliphatic rings. The lowest BCUT2D eigenvalue weighted by Gasteiger charge is -2.11. The summed E-state index contributed by atoms with van der Waals surface area (Å²) in [4.78, 5) is 10.8. The summed E-state index contributed by atoms with van der Waals surface area (Å²) in [6.45, 7) is 6.83. The standard InChI is InChI=1S/C18H20O4/c1-3-18(19)22-13-11-20-10-12-21-17-9-8-15-6-4-5-7-16(15)14(17)2/h3-9H,1,10-13H2,2H3. The maximum atomic E-state index is 10.8. The van der Waals surface area contributed by atoms with Crippen LogP contribution in [-0.4, -0.2) is 32.4 Å². The van der Waals surface area contributed by atoms with Crippen LogP contribution in [-0.2, 0) is 14.3 Å². The van der Waals surface area contributed by atoms with Crippen LogP contribution in [0.4, 0.5) is 0 Å². The predicted molar refractivity (Wildman–Crippen MR) is 86.2 cm³/mol. The summed E-state index contributed by atoms with van der Waals surface area (Å²) in [6.07, 6.45) is 1.13. The average molecular weight is 300 g/mol. The highest BCUT2D eigenvalue weighted by molar-refractivity contribution is 5.87. The molecule has 2 aromatic carbocycles. The molecule has 22 heavy (non-hydrogen) atoms. The minimum absolute atomic E-state index is 0.222. The molecule has 0 bridgehead atoms. The summed E-state index contributed by atoms with van der Waals surface area (Å²) in [5, 5.41) is 2.39. The van der Waals surface area contributed by atoms with Crippen LogP contribution in [0.1, 0.15) is 5.56 Å². The first-order chi connectivity index (χ1) is 10.7. The van der Waals surface area contributed by atoms with Gasteiger partial charge < -0.3 is 14.2 Å². The van der Waals surface area contributed by atoms with Crippen molar-refractivity contribution in [2.24, 2.45) is 0 Å². The Balaban J connectivity index is 1.74. The van der Waals surface area contributed by atoms with Gasteiger partial charge in [0, 0.05) is 6.08 Å². The number of hydrogen-bond acceptors (Lipinski definition) is 4. The van der Waals surface area contributed by atoms with E-state index in [4.69, 9.17) is 14.2 Å². The topological polar surface area (TPSA) is 44.8 Å². The number of ether oxygens (including phenoxy) is 3. The van der Waals surface area contributed by atoms with Gasteiger partial charge in [0.05, 0.1) is 13.2 Å². The molecule has 116 valence electrons. The fraction of sp³-hybridized carbons (Fsp3) is 0.278. The minimum Gasteiger partial charge on any atom is -0.491 e. The Morgan fingerprint density at radius 3 is 2.68 bits per heavy atom. The van der Waals surface area contributed by atoms with Crippen molar-refractivity contribution in [1.82, 2.24) is 0 Å². The molecule has 0 atom stereocenters. The maximum Gasteiger partial charge on any atom is 0.330 e. The highest BCUT2D eigenvalue weighted by atomic mass is 16.6. The van der Waals surface area contributed by atoms with Crippen LogP contribution in [0.25, 0.3) is 10.8 Å². The predicted octanol–water partition coefficient (Wildman–Crippen LogP) is 3.27. The van der Waals surface area contributed by atoms with E-state index < -0.39 is 5.97 Å². The second kappa shape index (κ2) is 8.20. The van der Waals surface area contributed by atoms with Crippen LogP contribution in [0, 0.1) is 6.92 Å². The van der Waals surface area contributed by atoms with Crippen LogP contribution >= 0.6 is 0 Å². The Morgan fingerprint density at radius 1 is 1.09 bits per heavy atom. The van der Waals surface area contributed by atoms with Gasteiger partial charge in [-0.15, -0.1) is 0 Å². The molecule has 0 fully saturated rings. The molecule has 0 spiro atoms. The van der Waals surface area contributed by atoms with E-state index in [1.54, 1.807) is 0 Å². The van der Waals surface area contributed by atoms with Gasteiger partial charge in [-0.05, 0) is 29.3 Å². The van der Waals surface area contributed by atoms with Crippen molar-refractivity contribution >= 4 is 16.7 Å². The quantitative estimate of drug-likeness (QED) is 0.426. The van der Waals surface area contributed by atoms with Crippen LogP contribution < -0.4 is 4.74 Å². The molecule has 0 aliphatic carbocycles. The lowest BCUT2D eigenvalue weighted by atomic mass is 10.1. The van der Waals surface area contributed by atoms with Crippen molar-refractivity contribution in [3.05, 3.63) is 54.6 Å². The van der Waals surface area contributed by atoms with E-state index in [0.29, 0.717) is 19.8 Å². The van der Waals surface area contributed by atoms with E-state index in [1.807, 2.05) is 31.2 Å². The number of hydrogen-bond donors (Lipinski definition) is 0. The summed E-state index contributed by atoms with van der Waals surface area (Å²) < 4.78 is 15.9. The van der Waals surface area contributed by atoms with E-state index in [2.05, 4.69) is 18.7 Å². The van der Waals surface area contributed by atoms with Crippen molar-refractivity contribution in [3.8, 4) is 5.75 Å². The van der Waals surface area contributed by atoms with Crippen molar-refractivity contribution in [3.63, 3.8) is 0 Å². The van der Waals surface area contributed by atoms with E-state index in [9.17, 15) is 4.79 Å². The Bertz CT molecular complexity index is 649. The molecular formula is C18H20O4. The number of esters is 1. The third-order valence-corrected chi connectivity index (χ3v) is 3.27. The molecule has 4 heteroatoms. The summed E-state index contributed by atoms with van der Waals surface area (Å²) in [7, 11) is 0. The lowest BCUT2D eigenvalue weighted by molar-refractivity contribution is -0.139. The summed E-state index contributed by atoms with van der Waals surface area (Å²) in [5.41, 5.74) is 1.12. The van der Waals surface area contributed by atoms with Gasteiger partial charge in [-0.2, -0.15) is 0 Å². The van der Waals surface area contributed by atoms with E-state index >= 15 is 0 Å². The monoisotopic (exact) mass is 300 g/mol. The van der Waals surface area contributed by atoms with Gasteiger partial charge in [0.1, 0.15) is 19.0 Å². The number of carbonyl (C=O) groups is 1. The molecule has 0 radical (unpaired) electrons. The normalized spacial score (nSPS) is 10.4. The van der Waals surface area contributed by atoms with Gasteiger partial charge in [-0.1, -0.05) is 36.9 Å². The Morgan fingerprint density at radius 2 is 1.86 bits per heavy atom. The van der Waals surface area contributed by atoms with Crippen LogP contribution in [0.15, 0.2) is 49.1 Å². The molecule has 2 rings (SSSR count). The molecule has 0 N–H and O–H groups in total. The smallest absolute Gasteiger partial charge is 0.330 e. The number of benzene rings is 2. The highest BCUT2D eigenvalue weighted by Crippen LogP contribution is 2.26. The third kappa shape index (κ3) is 4.33. The van der Waals surface area contributed by atoms with Gasteiger partial charge in [0.15, 0.2) is 0 Å². The lowest BCUT2D eigenvalue weighted by Crippen LogP contribution is -2.12. The maximum absolute atomic E-state index is 10.8. The molecule has 0 saturated carbocycles. The molecular weight excluding hydrogens is 280 g/mol. The molecule has 0 aromatic heterocycles. The molecule has 4 nitrogen and oxygen atoms in total. The highest BCUT2D eigenvalue weighted by Gasteiger charge is 2.04. The van der Waals surface area contributed by atoms with Gasteiger partial charge in [0.25, 0.3) is 0 Å². The molecule has 0 saturated heterocycles. The molecule has 0 aliphatic heterocycles.